The smallest absolute Gasteiger partial charge is 0.263 e. The number of thiazole rings is 1. The summed E-state index contributed by atoms with van der Waals surface area (Å²) in [7, 11) is 1.79. The molecular formula is C10H13N5OS. The van der Waals surface area contributed by atoms with Crippen molar-refractivity contribution in [3.63, 3.8) is 0 Å². The molecule has 17 heavy (non-hydrogen) atoms. The normalized spacial score (nSPS) is 12.4. The first kappa shape index (κ1) is 11.7. The van der Waals surface area contributed by atoms with Crippen LogP contribution in [-0.2, 0) is 7.05 Å². The number of rotatable bonds is 3. The molecule has 0 unspecified atom stereocenters. The van der Waals surface area contributed by atoms with E-state index in [1.165, 1.54) is 17.7 Å². The van der Waals surface area contributed by atoms with Gasteiger partial charge >= 0.3 is 0 Å². The summed E-state index contributed by atoms with van der Waals surface area (Å²) in [6.07, 6.45) is 1.47. The molecule has 0 bridgehead atoms. The number of aryl methyl sites for hydroxylation is 2. The minimum absolute atomic E-state index is 0.125. The molecular weight excluding hydrogens is 238 g/mol. The van der Waals surface area contributed by atoms with Gasteiger partial charge in [-0.15, -0.1) is 11.3 Å². The van der Waals surface area contributed by atoms with Crippen molar-refractivity contribution in [3.05, 3.63) is 28.2 Å². The van der Waals surface area contributed by atoms with E-state index in [9.17, 15) is 4.79 Å². The molecule has 0 spiro atoms. The van der Waals surface area contributed by atoms with Gasteiger partial charge in [-0.05, 0) is 13.8 Å². The lowest BCUT2D eigenvalue weighted by Crippen LogP contribution is -2.28. The zero-order valence-electron chi connectivity index (χ0n) is 9.84. The Morgan fingerprint density at radius 3 is 2.82 bits per heavy atom. The fourth-order valence-corrected chi connectivity index (χ4v) is 2.25. The van der Waals surface area contributed by atoms with E-state index in [0.717, 1.165) is 11.5 Å². The number of hydrogen-bond acceptors (Lipinski definition) is 5. The Morgan fingerprint density at radius 2 is 2.29 bits per heavy atom. The van der Waals surface area contributed by atoms with Crippen LogP contribution in [0.25, 0.3) is 0 Å². The van der Waals surface area contributed by atoms with E-state index in [2.05, 4.69) is 20.4 Å². The number of nitrogens with one attached hydrogen (secondary N) is 1. The van der Waals surface area contributed by atoms with Gasteiger partial charge in [0.2, 0.25) is 0 Å². The highest BCUT2D eigenvalue weighted by Gasteiger charge is 2.17. The molecule has 0 saturated heterocycles. The van der Waals surface area contributed by atoms with Gasteiger partial charge in [-0.1, -0.05) is 0 Å². The number of carbonyl (C=O) groups excluding carboxylic acids is 1. The lowest BCUT2D eigenvalue weighted by molar-refractivity contribution is 0.0941. The Bertz CT molecular complexity index is 532. The van der Waals surface area contributed by atoms with E-state index in [1.54, 1.807) is 17.2 Å². The van der Waals surface area contributed by atoms with Crippen molar-refractivity contribution in [2.45, 2.75) is 19.9 Å². The molecule has 0 aromatic carbocycles. The average Bonchev–Trinajstić information content (AvgIpc) is 2.86. The Balaban J connectivity index is 2.10. The summed E-state index contributed by atoms with van der Waals surface area (Å²) in [5, 5.41) is 6.84. The molecule has 0 saturated carbocycles. The standard InChI is InChI=1S/C10H13N5OS/c1-6-8(17-5-12-6)10(16)14-7(2)9-11-4-13-15(9)3/h4-5,7H,1-3H3,(H,14,16)/t7-/m1/s1. The van der Waals surface area contributed by atoms with E-state index < -0.39 is 0 Å². The van der Waals surface area contributed by atoms with Crippen LogP contribution in [0, 0.1) is 6.92 Å². The summed E-state index contributed by atoms with van der Waals surface area (Å²) in [5.41, 5.74) is 2.41. The van der Waals surface area contributed by atoms with Crippen molar-refractivity contribution in [2.75, 3.05) is 0 Å². The minimum Gasteiger partial charge on any atom is -0.342 e. The molecule has 6 nitrogen and oxygen atoms in total. The first-order valence-corrected chi connectivity index (χ1v) is 6.02. The van der Waals surface area contributed by atoms with Crippen LogP contribution in [0.1, 0.15) is 34.2 Å². The number of carbonyl (C=O) groups is 1. The second-order valence-electron chi connectivity index (χ2n) is 3.70. The van der Waals surface area contributed by atoms with Gasteiger partial charge in [-0.3, -0.25) is 9.48 Å². The molecule has 2 aromatic rings. The van der Waals surface area contributed by atoms with E-state index in [0.29, 0.717) is 4.88 Å². The molecule has 0 aliphatic heterocycles. The summed E-state index contributed by atoms with van der Waals surface area (Å²) < 4.78 is 1.64. The van der Waals surface area contributed by atoms with Crippen LogP contribution in [0.2, 0.25) is 0 Å². The van der Waals surface area contributed by atoms with Crippen LogP contribution >= 0.6 is 11.3 Å². The zero-order valence-corrected chi connectivity index (χ0v) is 10.7. The summed E-state index contributed by atoms with van der Waals surface area (Å²) in [5.74, 6) is 0.598. The SMILES string of the molecule is Cc1ncsc1C(=O)N[C@H](C)c1ncnn1C. The Hall–Kier alpha value is -1.76. The second-order valence-corrected chi connectivity index (χ2v) is 4.56. The Kier molecular flexibility index (Phi) is 3.19. The van der Waals surface area contributed by atoms with Crippen LogP contribution in [0.4, 0.5) is 0 Å². The molecule has 0 aliphatic rings. The van der Waals surface area contributed by atoms with E-state index in [-0.39, 0.29) is 11.9 Å². The summed E-state index contributed by atoms with van der Waals surface area (Å²) in [4.78, 5) is 20.7. The predicted molar refractivity (Wildman–Crippen MR) is 63.7 cm³/mol. The highest BCUT2D eigenvalue weighted by molar-refractivity contribution is 7.11. The largest absolute Gasteiger partial charge is 0.342 e. The van der Waals surface area contributed by atoms with E-state index >= 15 is 0 Å². The maximum absolute atomic E-state index is 11.9. The number of amides is 1. The first-order valence-electron chi connectivity index (χ1n) is 5.14. The third-order valence-corrected chi connectivity index (χ3v) is 3.36. The molecule has 7 heteroatoms. The molecule has 0 fully saturated rings. The molecule has 2 heterocycles. The molecule has 1 atom stereocenters. The van der Waals surface area contributed by atoms with Gasteiger partial charge < -0.3 is 5.32 Å². The molecule has 0 radical (unpaired) electrons. The van der Waals surface area contributed by atoms with Crippen LogP contribution in [-0.4, -0.2) is 25.7 Å². The molecule has 1 amide bonds. The van der Waals surface area contributed by atoms with Crippen molar-refractivity contribution in [3.8, 4) is 0 Å². The van der Waals surface area contributed by atoms with E-state index in [1.807, 2.05) is 13.8 Å². The fraction of sp³-hybridized carbons (Fsp3) is 0.400. The lowest BCUT2D eigenvalue weighted by atomic mass is 10.3. The number of nitrogens with zero attached hydrogens (tertiary/aromatic N) is 4. The number of aromatic nitrogens is 4. The van der Waals surface area contributed by atoms with Crippen molar-refractivity contribution in [2.24, 2.45) is 7.05 Å². The van der Waals surface area contributed by atoms with Gasteiger partial charge in [-0.25, -0.2) is 9.97 Å². The van der Waals surface area contributed by atoms with Gasteiger partial charge in [0, 0.05) is 7.05 Å². The topological polar surface area (TPSA) is 72.7 Å². The maximum Gasteiger partial charge on any atom is 0.263 e. The van der Waals surface area contributed by atoms with Gasteiger partial charge in [0.05, 0.1) is 17.2 Å². The van der Waals surface area contributed by atoms with Gasteiger partial charge in [0.25, 0.3) is 5.91 Å². The van der Waals surface area contributed by atoms with Crippen molar-refractivity contribution in [1.82, 2.24) is 25.1 Å². The second kappa shape index (κ2) is 4.62. The lowest BCUT2D eigenvalue weighted by Gasteiger charge is -2.12. The average molecular weight is 251 g/mol. The van der Waals surface area contributed by atoms with Gasteiger partial charge in [0.1, 0.15) is 17.0 Å². The monoisotopic (exact) mass is 251 g/mol. The summed E-state index contributed by atoms with van der Waals surface area (Å²) in [6.45, 7) is 3.69. The van der Waals surface area contributed by atoms with Crippen molar-refractivity contribution >= 4 is 17.2 Å². The highest BCUT2D eigenvalue weighted by atomic mass is 32.1. The minimum atomic E-state index is -0.184. The third kappa shape index (κ3) is 2.33. The quantitative estimate of drug-likeness (QED) is 0.885. The maximum atomic E-state index is 11.9. The summed E-state index contributed by atoms with van der Waals surface area (Å²) in [6, 6.07) is -0.184. The molecule has 2 aromatic heterocycles. The molecule has 2 rings (SSSR count). The Morgan fingerprint density at radius 1 is 1.53 bits per heavy atom. The molecule has 90 valence electrons. The predicted octanol–water partition coefficient (Wildman–Crippen LogP) is 1.07. The van der Waals surface area contributed by atoms with Crippen molar-refractivity contribution < 1.29 is 4.79 Å². The molecule has 0 aliphatic carbocycles. The Labute approximate surface area is 103 Å². The molecule has 1 N–H and O–H groups in total. The summed E-state index contributed by atoms with van der Waals surface area (Å²) >= 11 is 1.34. The highest BCUT2D eigenvalue weighted by Crippen LogP contribution is 2.14. The van der Waals surface area contributed by atoms with Crippen LogP contribution in [0.5, 0.6) is 0 Å². The number of hydrogen-bond donors (Lipinski definition) is 1. The van der Waals surface area contributed by atoms with Crippen LogP contribution < -0.4 is 5.32 Å². The van der Waals surface area contributed by atoms with Crippen molar-refractivity contribution in [1.29, 1.82) is 0 Å². The van der Waals surface area contributed by atoms with Gasteiger partial charge in [0.15, 0.2) is 0 Å². The van der Waals surface area contributed by atoms with Crippen LogP contribution in [0.3, 0.4) is 0 Å². The van der Waals surface area contributed by atoms with Crippen LogP contribution in [0.15, 0.2) is 11.8 Å². The van der Waals surface area contributed by atoms with E-state index in [4.69, 9.17) is 0 Å². The fourth-order valence-electron chi connectivity index (χ4n) is 1.54. The van der Waals surface area contributed by atoms with Gasteiger partial charge in [-0.2, -0.15) is 5.10 Å². The third-order valence-electron chi connectivity index (χ3n) is 2.43. The zero-order chi connectivity index (χ0) is 12.4. The first-order chi connectivity index (χ1) is 8.09.